The number of fused-ring (bicyclic) bond motifs is 1. The number of ketones is 1. The van der Waals surface area contributed by atoms with Crippen LogP contribution in [-0.2, 0) is 16.0 Å². The van der Waals surface area contributed by atoms with Gasteiger partial charge in [0, 0.05) is 17.7 Å². The topological polar surface area (TPSA) is 26.3 Å². The summed E-state index contributed by atoms with van der Waals surface area (Å²) in [6, 6.07) is 8.32. The molecular formula is C18H22O2S. The molecule has 1 aliphatic rings. The number of thiophene rings is 1. The lowest BCUT2D eigenvalue weighted by molar-refractivity contribution is -0.148. The summed E-state index contributed by atoms with van der Waals surface area (Å²) >= 11 is 1.72. The number of carbonyl (C=O) groups excluding carboxylic acids is 1. The Bertz CT molecular complexity index is 617. The second-order valence-electron chi connectivity index (χ2n) is 5.85. The van der Waals surface area contributed by atoms with E-state index in [1.807, 2.05) is 19.1 Å². The molecule has 1 aromatic carbocycles. The molecule has 0 unspecified atom stereocenters. The number of hydrogen-bond acceptors (Lipinski definition) is 3. The van der Waals surface area contributed by atoms with Crippen LogP contribution in [-0.4, -0.2) is 18.0 Å². The lowest BCUT2D eigenvalue weighted by atomic mass is 9.79. The van der Waals surface area contributed by atoms with Crippen LogP contribution in [0.2, 0.25) is 0 Å². The van der Waals surface area contributed by atoms with Gasteiger partial charge in [-0.15, -0.1) is 11.3 Å². The fraction of sp³-hybridized carbons (Fsp3) is 0.500. The highest BCUT2D eigenvalue weighted by atomic mass is 32.1. The van der Waals surface area contributed by atoms with E-state index in [1.54, 1.807) is 11.3 Å². The third-order valence-electron chi connectivity index (χ3n) is 4.50. The standard InChI is InChI=1S/C18H22O2S/c1-2-20-18(10-6-3-7-11-18)17(19)12-14-13-21-16-9-5-4-8-15(14)16/h4-5,8-9,13H,2-3,6-7,10-12H2,1H3. The molecule has 21 heavy (non-hydrogen) atoms. The summed E-state index contributed by atoms with van der Waals surface area (Å²) < 4.78 is 7.21. The van der Waals surface area contributed by atoms with Gasteiger partial charge in [-0.05, 0) is 42.2 Å². The van der Waals surface area contributed by atoms with Gasteiger partial charge in [-0.1, -0.05) is 37.5 Å². The highest BCUT2D eigenvalue weighted by Gasteiger charge is 2.39. The molecule has 3 rings (SSSR count). The van der Waals surface area contributed by atoms with Crippen molar-refractivity contribution in [2.75, 3.05) is 6.61 Å². The molecule has 0 radical (unpaired) electrons. The zero-order valence-electron chi connectivity index (χ0n) is 12.6. The van der Waals surface area contributed by atoms with Crippen LogP contribution in [0.25, 0.3) is 10.1 Å². The Kier molecular flexibility index (Phi) is 4.41. The van der Waals surface area contributed by atoms with E-state index in [9.17, 15) is 4.79 Å². The molecule has 2 nitrogen and oxygen atoms in total. The van der Waals surface area contributed by atoms with Gasteiger partial charge in [-0.25, -0.2) is 0 Å². The van der Waals surface area contributed by atoms with E-state index in [0.29, 0.717) is 13.0 Å². The Morgan fingerprint density at radius 2 is 2.00 bits per heavy atom. The molecule has 3 heteroatoms. The fourth-order valence-electron chi connectivity index (χ4n) is 3.41. The van der Waals surface area contributed by atoms with Crippen LogP contribution < -0.4 is 0 Å². The van der Waals surface area contributed by atoms with Crippen LogP contribution in [0.4, 0.5) is 0 Å². The molecule has 1 aliphatic carbocycles. The molecule has 0 amide bonds. The van der Waals surface area contributed by atoms with E-state index < -0.39 is 5.60 Å². The number of ether oxygens (including phenoxy) is 1. The summed E-state index contributed by atoms with van der Waals surface area (Å²) in [6.07, 6.45) is 5.73. The van der Waals surface area contributed by atoms with Gasteiger partial charge in [0.15, 0.2) is 5.78 Å². The largest absolute Gasteiger partial charge is 0.367 e. The zero-order valence-corrected chi connectivity index (χ0v) is 13.4. The summed E-state index contributed by atoms with van der Waals surface area (Å²) in [6.45, 7) is 2.61. The highest BCUT2D eigenvalue weighted by molar-refractivity contribution is 7.17. The van der Waals surface area contributed by atoms with Gasteiger partial charge >= 0.3 is 0 Å². The number of carbonyl (C=O) groups is 1. The maximum Gasteiger partial charge on any atom is 0.169 e. The molecule has 0 saturated heterocycles. The Labute approximate surface area is 130 Å². The number of hydrogen-bond donors (Lipinski definition) is 0. The summed E-state index contributed by atoms with van der Waals surface area (Å²) in [5.74, 6) is 0.271. The van der Waals surface area contributed by atoms with E-state index in [1.165, 1.54) is 16.5 Å². The SMILES string of the molecule is CCOC1(C(=O)Cc2csc3ccccc23)CCCCC1. The van der Waals surface area contributed by atoms with Gasteiger partial charge in [-0.3, -0.25) is 4.79 Å². The van der Waals surface area contributed by atoms with Gasteiger partial charge in [0.25, 0.3) is 0 Å². The molecule has 1 saturated carbocycles. The first-order chi connectivity index (χ1) is 10.2. The maximum absolute atomic E-state index is 12.9. The van der Waals surface area contributed by atoms with Crippen molar-refractivity contribution in [1.82, 2.24) is 0 Å². The van der Waals surface area contributed by atoms with Crippen molar-refractivity contribution >= 4 is 27.2 Å². The lowest BCUT2D eigenvalue weighted by Crippen LogP contribution is -2.44. The minimum Gasteiger partial charge on any atom is -0.367 e. The van der Waals surface area contributed by atoms with Crippen molar-refractivity contribution in [3.05, 3.63) is 35.2 Å². The Morgan fingerprint density at radius 3 is 2.76 bits per heavy atom. The molecule has 1 aromatic heterocycles. The van der Waals surface area contributed by atoms with E-state index in [4.69, 9.17) is 4.74 Å². The lowest BCUT2D eigenvalue weighted by Gasteiger charge is -2.35. The maximum atomic E-state index is 12.9. The first-order valence-electron chi connectivity index (χ1n) is 7.87. The molecule has 2 aromatic rings. The summed E-state index contributed by atoms with van der Waals surface area (Å²) in [4.78, 5) is 12.9. The predicted octanol–water partition coefficient (Wildman–Crippen LogP) is 4.75. The normalized spacial score (nSPS) is 18.0. The second-order valence-corrected chi connectivity index (χ2v) is 6.76. The van der Waals surface area contributed by atoms with Crippen molar-refractivity contribution in [2.24, 2.45) is 0 Å². The smallest absolute Gasteiger partial charge is 0.169 e. The number of benzene rings is 1. The minimum atomic E-state index is -0.518. The molecule has 0 N–H and O–H groups in total. The van der Waals surface area contributed by atoms with Gasteiger partial charge in [-0.2, -0.15) is 0 Å². The average Bonchev–Trinajstić information content (AvgIpc) is 2.92. The predicted molar refractivity (Wildman–Crippen MR) is 88.0 cm³/mol. The van der Waals surface area contributed by atoms with E-state index in [0.717, 1.165) is 31.2 Å². The number of Topliss-reactive ketones (excluding diaryl/α,β-unsaturated/α-hetero) is 1. The summed E-state index contributed by atoms with van der Waals surface area (Å²) in [5.41, 5.74) is 0.640. The molecule has 0 atom stereocenters. The van der Waals surface area contributed by atoms with Crippen molar-refractivity contribution < 1.29 is 9.53 Å². The second kappa shape index (κ2) is 6.29. The van der Waals surface area contributed by atoms with Crippen LogP contribution in [0.1, 0.15) is 44.6 Å². The summed E-state index contributed by atoms with van der Waals surface area (Å²) in [5, 5.41) is 3.35. The molecule has 1 heterocycles. The highest BCUT2D eigenvalue weighted by Crippen LogP contribution is 2.35. The van der Waals surface area contributed by atoms with Crippen molar-refractivity contribution in [3.63, 3.8) is 0 Å². The first kappa shape index (κ1) is 14.7. The van der Waals surface area contributed by atoms with Gasteiger partial charge in [0.2, 0.25) is 0 Å². The Morgan fingerprint density at radius 1 is 1.24 bits per heavy atom. The fourth-order valence-corrected chi connectivity index (χ4v) is 4.37. The van der Waals surface area contributed by atoms with E-state index in [2.05, 4.69) is 17.5 Å². The van der Waals surface area contributed by atoms with Crippen LogP contribution in [0.15, 0.2) is 29.6 Å². The van der Waals surface area contributed by atoms with Crippen LogP contribution in [0, 0.1) is 0 Å². The Balaban J connectivity index is 1.84. The van der Waals surface area contributed by atoms with E-state index in [-0.39, 0.29) is 5.78 Å². The molecule has 0 spiro atoms. The molecule has 0 aliphatic heterocycles. The van der Waals surface area contributed by atoms with Gasteiger partial charge in [0.05, 0.1) is 0 Å². The Hall–Kier alpha value is -1.19. The summed E-state index contributed by atoms with van der Waals surface area (Å²) in [7, 11) is 0. The van der Waals surface area contributed by atoms with Crippen LogP contribution >= 0.6 is 11.3 Å². The molecule has 0 bridgehead atoms. The average molecular weight is 302 g/mol. The van der Waals surface area contributed by atoms with Crippen LogP contribution in [0.5, 0.6) is 0 Å². The van der Waals surface area contributed by atoms with Crippen molar-refractivity contribution in [1.29, 1.82) is 0 Å². The molecule has 1 fully saturated rings. The first-order valence-corrected chi connectivity index (χ1v) is 8.75. The van der Waals surface area contributed by atoms with E-state index >= 15 is 0 Å². The quantitative estimate of drug-likeness (QED) is 0.796. The molecular weight excluding hydrogens is 280 g/mol. The van der Waals surface area contributed by atoms with Crippen molar-refractivity contribution in [3.8, 4) is 0 Å². The minimum absolute atomic E-state index is 0.271. The molecule has 112 valence electrons. The number of rotatable bonds is 5. The van der Waals surface area contributed by atoms with Crippen molar-refractivity contribution in [2.45, 2.75) is 51.0 Å². The monoisotopic (exact) mass is 302 g/mol. The van der Waals surface area contributed by atoms with Gasteiger partial charge in [0.1, 0.15) is 5.60 Å². The zero-order chi connectivity index (χ0) is 14.7. The van der Waals surface area contributed by atoms with Crippen LogP contribution in [0.3, 0.4) is 0 Å². The third kappa shape index (κ3) is 2.90. The van der Waals surface area contributed by atoms with Gasteiger partial charge < -0.3 is 4.74 Å². The third-order valence-corrected chi connectivity index (χ3v) is 5.51.